The Morgan fingerprint density at radius 1 is 1.14 bits per heavy atom. The van der Waals surface area contributed by atoms with Crippen molar-refractivity contribution < 1.29 is 0 Å². The number of fused-ring (bicyclic) bond motifs is 1. The molecule has 0 aromatic carbocycles. The highest BCUT2D eigenvalue weighted by Gasteiger charge is 2.32. The Hall–Kier alpha value is -1.05. The van der Waals surface area contributed by atoms with Crippen LogP contribution in [0.25, 0.3) is 0 Å². The molecule has 2 aliphatic rings. The lowest BCUT2D eigenvalue weighted by Crippen LogP contribution is -2.33. The molecular formula is C20H32N2. The van der Waals surface area contributed by atoms with Gasteiger partial charge in [0.1, 0.15) is 0 Å². The lowest BCUT2D eigenvalue weighted by atomic mass is 9.69. The molecular weight excluding hydrogens is 268 g/mol. The van der Waals surface area contributed by atoms with Crippen LogP contribution in [0.5, 0.6) is 0 Å². The molecule has 0 spiro atoms. The molecule has 1 aromatic rings. The molecule has 0 unspecified atom stereocenters. The predicted molar refractivity (Wildman–Crippen MR) is 94.3 cm³/mol. The van der Waals surface area contributed by atoms with Gasteiger partial charge in [0.05, 0.1) is 0 Å². The summed E-state index contributed by atoms with van der Waals surface area (Å²) in [4.78, 5) is 4.59. The highest BCUT2D eigenvalue weighted by atomic mass is 14.9. The Bertz CT molecular complexity index is 498. The van der Waals surface area contributed by atoms with Crippen LogP contribution >= 0.6 is 0 Å². The quantitative estimate of drug-likeness (QED) is 0.809. The van der Waals surface area contributed by atoms with Crippen molar-refractivity contribution in [2.24, 2.45) is 11.3 Å². The summed E-state index contributed by atoms with van der Waals surface area (Å²) in [5.41, 5.74) is 4.74. The Balaban J connectivity index is 1.62. The van der Waals surface area contributed by atoms with Crippen molar-refractivity contribution in [3.05, 3.63) is 23.5 Å². The van der Waals surface area contributed by atoms with Gasteiger partial charge in [0, 0.05) is 23.6 Å². The third kappa shape index (κ3) is 3.31. The molecule has 1 fully saturated rings. The molecule has 2 nitrogen and oxygen atoms in total. The van der Waals surface area contributed by atoms with Gasteiger partial charge in [0.2, 0.25) is 0 Å². The fourth-order valence-electron chi connectivity index (χ4n) is 4.29. The van der Waals surface area contributed by atoms with Crippen LogP contribution in [-0.4, -0.2) is 11.0 Å². The first kappa shape index (κ1) is 15.8. The van der Waals surface area contributed by atoms with Gasteiger partial charge in [-0.2, -0.15) is 0 Å². The molecule has 22 heavy (non-hydrogen) atoms. The fraction of sp³-hybridized carbons (Fsp3) is 0.750. The maximum Gasteiger partial charge on any atom is 0.0456 e. The minimum Gasteiger partial charge on any atom is -0.382 e. The normalized spacial score (nSPS) is 25.6. The molecule has 0 radical (unpaired) electrons. The van der Waals surface area contributed by atoms with Crippen LogP contribution in [0.1, 0.15) is 77.0 Å². The van der Waals surface area contributed by atoms with Crippen LogP contribution in [0, 0.1) is 11.3 Å². The maximum atomic E-state index is 4.59. The van der Waals surface area contributed by atoms with E-state index in [2.05, 4.69) is 37.1 Å². The molecule has 1 N–H and O–H groups in total. The summed E-state index contributed by atoms with van der Waals surface area (Å²) in [5, 5.41) is 3.86. The average Bonchev–Trinajstić information content (AvgIpc) is 2.56. The number of nitrogens with zero attached hydrogens (tertiary/aromatic N) is 1. The number of aryl methyl sites for hydroxylation is 1. The highest BCUT2D eigenvalue weighted by Crippen LogP contribution is 2.41. The molecule has 2 aliphatic carbocycles. The first-order valence-corrected chi connectivity index (χ1v) is 9.33. The third-order valence-electron chi connectivity index (χ3n) is 6.34. The standard InChI is InChI=1S/C20H32N2/c1-4-20(2,3)15-9-11-16(12-10-15)22-19-13-14-21-18-8-6-5-7-17(18)19/h13-16H,4-12H2,1-3H3,(H,21,22)/t15-,16+. The summed E-state index contributed by atoms with van der Waals surface area (Å²) in [6.45, 7) is 7.24. The SMILES string of the molecule is CCC(C)(C)[C@H]1CC[C@@H](Nc2ccnc3c2CCCC3)CC1. The molecule has 1 heterocycles. The second-order valence-electron chi connectivity index (χ2n) is 8.03. The Morgan fingerprint density at radius 2 is 1.86 bits per heavy atom. The van der Waals surface area contributed by atoms with E-state index in [0.717, 1.165) is 5.92 Å². The van der Waals surface area contributed by atoms with Crippen LogP contribution < -0.4 is 5.32 Å². The van der Waals surface area contributed by atoms with Gasteiger partial charge in [-0.15, -0.1) is 0 Å². The second kappa shape index (κ2) is 6.60. The summed E-state index contributed by atoms with van der Waals surface area (Å²) in [7, 11) is 0. The number of anilines is 1. The van der Waals surface area contributed by atoms with E-state index in [1.54, 1.807) is 0 Å². The van der Waals surface area contributed by atoms with E-state index in [9.17, 15) is 0 Å². The van der Waals surface area contributed by atoms with Gasteiger partial charge in [-0.1, -0.05) is 27.2 Å². The molecule has 1 aromatic heterocycles. The van der Waals surface area contributed by atoms with E-state index >= 15 is 0 Å². The molecule has 1 saturated carbocycles. The molecule has 0 atom stereocenters. The van der Waals surface area contributed by atoms with Gasteiger partial charge >= 0.3 is 0 Å². The highest BCUT2D eigenvalue weighted by molar-refractivity contribution is 5.54. The van der Waals surface area contributed by atoms with Crippen molar-refractivity contribution >= 4 is 5.69 Å². The summed E-state index contributed by atoms with van der Waals surface area (Å²) in [6, 6.07) is 2.86. The second-order valence-corrected chi connectivity index (χ2v) is 8.03. The van der Waals surface area contributed by atoms with Crippen molar-refractivity contribution in [2.75, 3.05) is 5.32 Å². The molecule has 2 heteroatoms. The average molecular weight is 300 g/mol. The van der Waals surface area contributed by atoms with Gasteiger partial charge < -0.3 is 5.32 Å². The topological polar surface area (TPSA) is 24.9 Å². The fourth-order valence-corrected chi connectivity index (χ4v) is 4.29. The monoisotopic (exact) mass is 300 g/mol. The minimum absolute atomic E-state index is 0.515. The smallest absolute Gasteiger partial charge is 0.0456 e. The summed E-state index contributed by atoms with van der Waals surface area (Å²) in [5.74, 6) is 0.905. The third-order valence-corrected chi connectivity index (χ3v) is 6.34. The van der Waals surface area contributed by atoms with Crippen molar-refractivity contribution in [3.8, 4) is 0 Å². The largest absolute Gasteiger partial charge is 0.382 e. The number of hydrogen-bond acceptors (Lipinski definition) is 2. The van der Waals surface area contributed by atoms with Crippen LogP contribution in [0.2, 0.25) is 0 Å². The van der Waals surface area contributed by atoms with E-state index in [1.165, 1.54) is 74.7 Å². The lowest BCUT2D eigenvalue weighted by molar-refractivity contribution is 0.147. The molecule has 0 bridgehead atoms. The zero-order valence-corrected chi connectivity index (χ0v) is 14.6. The predicted octanol–water partition coefficient (Wildman–Crippen LogP) is 5.37. The zero-order chi connectivity index (χ0) is 15.6. The number of nitrogens with one attached hydrogen (secondary N) is 1. The van der Waals surface area contributed by atoms with Crippen molar-refractivity contribution in [1.82, 2.24) is 4.98 Å². The lowest BCUT2D eigenvalue weighted by Gasteiger charge is -2.39. The first-order chi connectivity index (χ1) is 10.6. The van der Waals surface area contributed by atoms with Crippen LogP contribution in [0.4, 0.5) is 5.69 Å². The van der Waals surface area contributed by atoms with E-state index < -0.39 is 0 Å². The van der Waals surface area contributed by atoms with Crippen LogP contribution in [0.15, 0.2) is 12.3 Å². The van der Waals surface area contributed by atoms with E-state index in [1.807, 2.05) is 6.20 Å². The molecule has 122 valence electrons. The van der Waals surface area contributed by atoms with Gasteiger partial charge in [0.25, 0.3) is 0 Å². The summed E-state index contributed by atoms with van der Waals surface area (Å²) < 4.78 is 0. The van der Waals surface area contributed by atoms with Crippen LogP contribution in [0.3, 0.4) is 0 Å². The van der Waals surface area contributed by atoms with E-state index in [0.29, 0.717) is 11.5 Å². The maximum absolute atomic E-state index is 4.59. The number of pyridine rings is 1. The van der Waals surface area contributed by atoms with Crippen molar-refractivity contribution in [3.63, 3.8) is 0 Å². The van der Waals surface area contributed by atoms with E-state index in [4.69, 9.17) is 0 Å². The van der Waals surface area contributed by atoms with E-state index in [-0.39, 0.29) is 0 Å². The number of rotatable bonds is 4. The minimum atomic E-state index is 0.515. The Kier molecular flexibility index (Phi) is 4.75. The molecule has 3 rings (SSSR count). The van der Waals surface area contributed by atoms with Gasteiger partial charge in [-0.25, -0.2) is 0 Å². The molecule has 0 amide bonds. The Morgan fingerprint density at radius 3 is 2.59 bits per heavy atom. The number of aromatic nitrogens is 1. The van der Waals surface area contributed by atoms with Crippen LogP contribution in [-0.2, 0) is 12.8 Å². The molecule has 0 aliphatic heterocycles. The summed E-state index contributed by atoms with van der Waals surface area (Å²) >= 11 is 0. The zero-order valence-electron chi connectivity index (χ0n) is 14.6. The van der Waals surface area contributed by atoms with Gasteiger partial charge in [-0.05, 0) is 74.3 Å². The molecule has 0 saturated heterocycles. The van der Waals surface area contributed by atoms with Crippen molar-refractivity contribution in [1.29, 1.82) is 0 Å². The summed E-state index contributed by atoms with van der Waals surface area (Å²) in [6.07, 6.45) is 13.7. The number of hydrogen-bond donors (Lipinski definition) is 1. The first-order valence-electron chi connectivity index (χ1n) is 9.33. The van der Waals surface area contributed by atoms with Gasteiger partial charge in [0.15, 0.2) is 0 Å². The van der Waals surface area contributed by atoms with Gasteiger partial charge in [-0.3, -0.25) is 4.98 Å². The van der Waals surface area contributed by atoms with Crippen molar-refractivity contribution in [2.45, 2.75) is 84.6 Å². The Labute approximate surface area is 136 Å².